The van der Waals surface area contributed by atoms with Crippen LogP contribution in [-0.2, 0) is 6.54 Å². The summed E-state index contributed by atoms with van der Waals surface area (Å²) in [5.41, 5.74) is 3.14. The molecule has 0 spiro atoms. The SMILES string of the molecule is Clc1ccc(Cl)c(CNc2ccc(-c3nccs3)cc2)c1. The van der Waals surface area contributed by atoms with E-state index in [9.17, 15) is 0 Å². The molecule has 0 atom stereocenters. The lowest BCUT2D eigenvalue weighted by Crippen LogP contribution is -1.99. The minimum atomic E-state index is 0.635. The van der Waals surface area contributed by atoms with Gasteiger partial charge in [-0.25, -0.2) is 4.98 Å². The van der Waals surface area contributed by atoms with E-state index in [1.165, 1.54) is 0 Å². The third kappa shape index (κ3) is 3.56. The number of thiazole rings is 1. The molecule has 21 heavy (non-hydrogen) atoms. The number of nitrogens with one attached hydrogen (secondary N) is 1. The fourth-order valence-electron chi connectivity index (χ4n) is 1.97. The number of aromatic nitrogens is 1. The minimum Gasteiger partial charge on any atom is -0.381 e. The van der Waals surface area contributed by atoms with Gasteiger partial charge >= 0.3 is 0 Å². The lowest BCUT2D eigenvalue weighted by molar-refractivity contribution is 1.15. The number of nitrogens with zero attached hydrogens (tertiary/aromatic N) is 1. The lowest BCUT2D eigenvalue weighted by atomic mass is 10.2. The second kappa shape index (κ2) is 6.48. The zero-order valence-corrected chi connectivity index (χ0v) is 13.3. The van der Waals surface area contributed by atoms with Crippen molar-refractivity contribution in [3.05, 3.63) is 69.7 Å². The third-order valence-electron chi connectivity index (χ3n) is 3.05. The van der Waals surface area contributed by atoms with Crippen LogP contribution < -0.4 is 5.32 Å². The number of rotatable bonds is 4. The van der Waals surface area contributed by atoms with Crippen molar-refractivity contribution in [2.45, 2.75) is 6.54 Å². The molecule has 0 bridgehead atoms. The van der Waals surface area contributed by atoms with Crippen LogP contribution in [0, 0.1) is 0 Å². The molecule has 0 aliphatic carbocycles. The van der Waals surface area contributed by atoms with E-state index in [0.29, 0.717) is 16.6 Å². The number of benzene rings is 2. The number of hydrogen-bond donors (Lipinski definition) is 1. The maximum atomic E-state index is 6.15. The first-order chi connectivity index (χ1) is 10.2. The highest BCUT2D eigenvalue weighted by molar-refractivity contribution is 7.13. The van der Waals surface area contributed by atoms with Crippen LogP contribution in [0.5, 0.6) is 0 Å². The van der Waals surface area contributed by atoms with Crippen molar-refractivity contribution in [3.8, 4) is 10.6 Å². The Labute approximate surface area is 137 Å². The first-order valence-electron chi connectivity index (χ1n) is 6.40. The van der Waals surface area contributed by atoms with Crippen molar-refractivity contribution in [2.24, 2.45) is 0 Å². The van der Waals surface area contributed by atoms with Crippen molar-refractivity contribution in [3.63, 3.8) is 0 Å². The molecule has 106 valence electrons. The molecule has 0 radical (unpaired) electrons. The Kier molecular flexibility index (Phi) is 4.44. The summed E-state index contributed by atoms with van der Waals surface area (Å²) in [5, 5.41) is 7.75. The average Bonchev–Trinajstić information content (AvgIpc) is 3.03. The summed E-state index contributed by atoms with van der Waals surface area (Å²) in [7, 11) is 0. The summed E-state index contributed by atoms with van der Waals surface area (Å²) in [6.07, 6.45) is 1.81. The molecule has 2 nitrogen and oxygen atoms in total. The molecule has 5 heteroatoms. The quantitative estimate of drug-likeness (QED) is 0.659. The maximum absolute atomic E-state index is 6.15. The average molecular weight is 335 g/mol. The predicted molar refractivity (Wildman–Crippen MR) is 91.3 cm³/mol. The summed E-state index contributed by atoms with van der Waals surface area (Å²) in [6.45, 7) is 0.635. The van der Waals surface area contributed by atoms with E-state index in [0.717, 1.165) is 21.8 Å². The molecule has 0 aliphatic heterocycles. The normalized spacial score (nSPS) is 10.6. The highest BCUT2D eigenvalue weighted by Crippen LogP contribution is 2.25. The molecule has 1 aromatic heterocycles. The van der Waals surface area contributed by atoms with Gasteiger partial charge in [-0.2, -0.15) is 0 Å². The zero-order valence-electron chi connectivity index (χ0n) is 11.0. The maximum Gasteiger partial charge on any atom is 0.123 e. The third-order valence-corrected chi connectivity index (χ3v) is 4.48. The van der Waals surface area contributed by atoms with Gasteiger partial charge in [0.2, 0.25) is 0 Å². The van der Waals surface area contributed by atoms with Crippen molar-refractivity contribution in [1.82, 2.24) is 4.98 Å². The van der Waals surface area contributed by atoms with E-state index in [2.05, 4.69) is 22.4 Å². The number of hydrogen-bond acceptors (Lipinski definition) is 3. The molecule has 0 fully saturated rings. The van der Waals surface area contributed by atoms with E-state index < -0.39 is 0 Å². The minimum absolute atomic E-state index is 0.635. The van der Waals surface area contributed by atoms with Crippen molar-refractivity contribution < 1.29 is 0 Å². The molecule has 3 aromatic rings. The Morgan fingerprint density at radius 1 is 1.05 bits per heavy atom. The summed E-state index contributed by atoms with van der Waals surface area (Å²) >= 11 is 13.8. The van der Waals surface area contributed by atoms with Crippen LogP contribution in [0.25, 0.3) is 10.6 Å². The van der Waals surface area contributed by atoms with Crippen molar-refractivity contribution >= 4 is 40.2 Å². The Hall–Kier alpha value is -1.55. The van der Waals surface area contributed by atoms with Gasteiger partial charge in [0.25, 0.3) is 0 Å². The number of halogens is 2. The lowest BCUT2D eigenvalue weighted by Gasteiger charge is -2.09. The molecule has 0 saturated heterocycles. The Balaban J connectivity index is 1.70. The predicted octanol–water partition coefficient (Wildman–Crippen LogP) is 5.73. The van der Waals surface area contributed by atoms with Crippen LogP contribution in [0.3, 0.4) is 0 Å². The van der Waals surface area contributed by atoms with Crippen LogP contribution >= 0.6 is 34.5 Å². The fraction of sp³-hybridized carbons (Fsp3) is 0.0625. The molecular formula is C16H12Cl2N2S. The number of anilines is 1. The molecule has 3 rings (SSSR count). The molecule has 1 N–H and O–H groups in total. The van der Waals surface area contributed by atoms with Gasteiger partial charge in [0.15, 0.2) is 0 Å². The Morgan fingerprint density at radius 3 is 2.57 bits per heavy atom. The Morgan fingerprint density at radius 2 is 1.86 bits per heavy atom. The van der Waals surface area contributed by atoms with Gasteiger partial charge in [0.05, 0.1) is 0 Å². The molecule has 0 aliphatic rings. The van der Waals surface area contributed by atoms with Crippen LogP contribution in [-0.4, -0.2) is 4.98 Å². The van der Waals surface area contributed by atoms with Crippen LogP contribution in [0.4, 0.5) is 5.69 Å². The summed E-state index contributed by atoms with van der Waals surface area (Å²) in [4.78, 5) is 4.30. The standard InChI is InChI=1S/C16H12Cl2N2S/c17-13-3-6-15(18)12(9-13)10-20-14-4-1-11(2-5-14)16-19-7-8-21-16/h1-9,20H,10H2. The molecule has 2 aromatic carbocycles. The first kappa shape index (κ1) is 14.4. The van der Waals surface area contributed by atoms with Gasteiger partial charge in [-0.15, -0.1) is 11.3 Å². The van der Waals surface area contributed by atoms with E-state index in [4.69, 9.17) is 23.2 Å². The van der Waals surface area contributed by atoms with E-state index in [1.54, 1.807) is 17.4 Å². The second-order valence-electron chi connectivity index (χ2n) is 4.50. The van der Waals surface area contributed by atoms with Crippen LogP contribution in [0.15, 0.2) is 54.0 Å². The van der Waals surface area contributed by atoms with E-state index in [-0.39, 0.29) is 0 Å². The van der Waals surface area contributed by atoms with Crippen molar-refractivity contribution in [1.29, 1.82) is 0 Å². The first-order valence-corrected chi connectivity index (χ1v) is 8.04. The summed E-state index contributed by atoms with van der Waals surface area (Å²) < 4.78 is 0. The van der Waals surface area contributed by atoms with Gasteiger partial charge < -0.3 is 5.32 Å². The Bertz CT molecular complexity index is 725. The van der Waals surface area contributed by atoms with Gasteiger partial charge in [0, 0.05) is 39.4 Å². The van der Waals surface area contributed by atoms with Crippen LogP contribution in [0.2, 0.25) is 10.0 Å². The molecular weight excluding hydrogens is 323 g/mol. The zero-order chi connectivity index (χ0) is 14.7. The van der Waals surface area contributed by atoms with Crippen molar-refractivity contribution in [2.75, 3.05) is 5.32 Å². The van der Waals surface area contributed by atoms with Gasteiger partial charge in [0.1, 0.15) is 5.01 Å². The molecule has 0 unspecified atom stereocenters. The molecule has 0 saturated carbocycles. The molecule has 1 heterocycles. The smallest absolute Gasteiger partial charge is 0.123 e. The highest BCUT2D eigenvalue weighted by Gasteiger charge is 2.03. The second-order valence-corrected chi connectivity index (χ2v) is 6.24. The van der Waals surface area contributed by atoms with Gasteiger partial charge in [-0.1, -0.05) is 23.2 Å². The summed E-state index contributed by atoms with van der Waals surface area (Å²) in [6, 6.07) is 13.7. The molecule has 0 amide bonds. The van der Waals surface area contributed by atoms with E-state index in [1.807, 2.05) is 35.8 Å². The topological polar surface area (TPSA) is 24.9 Å². The largest absolute Gasteiger partial charge is 0.381 e. The summed E-state index contributed by atoms with van der Waals surface area (Å²) in [5.74, 6) is 0. The fourth-order valence-corrected chi connectivity index (χ4v) is 3.00. The van der Waals surface area contributed by atoms with Gasteiger partial charge in [-0.3, -0.25) is 0 Å². The monoisotopic (exact) mass is 334 g/mol. The van der Waals surface area contributed by atoms with Crippen LogP contribution in [0.1, 0.15) is 5.56 Å². The van der Waals surface area contributed by atoms with Gasteiger partial charge in [-0.05, 0) is 48.0 Å². The highest BCUT2D eigenvalue weighted by atomic mass is 35.5. The van der Waals surface area contributed by atoms with E-state index >= 15 is 0 Å².